The first-order valence-corrected chi connectivity index (χ1v) is 14.8. The van der Waals surface area contributed by atoms with E-state index in [2.05, 4.69) is 12.2 Å². The molecular formula is C30H54O4. The van der Waals surface area contributed by atoms with E-state index >= 15 is 0 Å². The van der Waals surface area contributed by atoms with Gasteiger partial charge in [-0.1, -0.05) is 115 Å². The van der Waals surface area contributed by atoms with Crippen LogP contribution < -0.4 is 0 Å². The highest BCUT2D eigenvalue weighted by atomic mass is 16.5. The maximum Gasteiger partial charge on any atom is 0.305 e. The SMILES string of the molecule is O=C1CCCCCCCCCCC=CCCO1.O=C1CCCCCCCCCCCCCCO1. The molecule has 2 heterocycles. The molecule has 0 radical (unpaired) electrons. The average molecular weight is 479 g/mol. The van der Waals surface area contributed by atoms with E-state index in [0.29, 0.717) is 26.1 Å². The molecular weight excluding hydrogens is 424 g/mol. The molecule has 0 spiro atoms. The van der Waals surface area contributed by atoms with Crippen LogP contribution in [-0.4, -0.2) is 25.2 Å². The summed E-state index contributed by atoms with van der Waals surface area (Å²) in [5, 5.41) is 0. The summed E-state index contributed by atoms with van der Waals surface area (Å²) in [6.45, 7) is 1.19. The number of esters is 2. The third-order valence-corrected chi connectivity index (χ3v) is 6.75. The Hall–Kier alpha value is -1.32. The Morgan fingerprint density at radius 3 is 1.24 bits per heavy atom. The molecule has 0 N–H and O–H groups in total. The van der Waals surface area contributed by atoms with Gasteiger partial charge in [-0.3, -0.25) is 9.59 Å². The van der Waals surface area contributed by atoms with Crippen LogP contribution in [0, 0.1) is 0 Å². The molecule has 0 aromatic heterocycles. The molecule has 0 amide bonds. The summed E-state index contributed by atoms with van der Waals surface area (Å²) >= 11 is 0. The predicted molar refractivity (Wildman–Crippen MR) is 142 cm³/mol. The first-order chi connectivity index (χ1) is 16.8. The van der Waals surface area contributed by atoms with Gasteiger partial charge >= 0.3 is 11.9 Å². The summed E-state index contributed by atoms with van der Waals surface area (Å²) in [6, 6.07) is 0. The lowest BCUT2D eigenvalue weighted by atomic mass is 10.0. The molecule has 198 valence electrons. The third kappa shape index (κ3) is 22.5. The largest absolute Gasteiger partial charge is 0.466 e. The number of ether oxygens (including phenoxy) is 2. The van der Waals surface area contributed by atoms with Crippen LogP contribution in [0.3, 0.4) is 0 Å². The smallest absolute Gasteiger partial charge is 0.305 e. The van der Waals surface area contributed by atoms with Crippen molar-refractivity contribution in [2.45, 2.75) is 154 Å². The minimum atomic E-state index is -0.0227. The first-order valence-electron chi connectivity index (χ1n) is 14.8. The fourth-order valence-electron chi connectivity index (χ4n) is 4.54. The Kier molecular flexibility index (Phi) is 22.4. The normalized spacial score (nSPS) is 22.5. The number of carbonyl (C=O) groups excluding carboxylic acids is 2. The van der Waals surface area contributed by atoms with E-state index < -0.39 is 0 Å². The lowest BCUT2D eigenvalue weighted by Gasteiger charge is -2.06. The zero-order valence-corrected chi connectivity index (χ0v) is 22.2. The van der Waals surface area contributed by atoms with Crippen molar-refractivity contribution in [1.29, 1.82) is 0 Å². The highest BCUT2D eigenvalue weighted by molar-refractivity contribution is 5.69. The van der Waals surface area contributed by atoms with Gasteiger partial charge in [0.25, 0.3) is 0 Å². The van der Waals surface area contributed by atoms with Gasteiger partial charge in [0, 0.05) is 12.8 Å². The summed E-state index contributed by atoms with van der Waals surface area (Å²) < 4.78 is 10.4. The highest BCUT2D eigenvalue weighted by Gasteiger charge is 2.03. The molecule has 4 heteroatoms. The molecule has 1 fully saturated rings. The van der Waals surface area contributed by atoms with E-state index in [4.69, 9.17) is 9.47 Å². The van der Waals surface area contributed by atoms with Crippen molar-refractivity contribution in [3.8, 4) is 0 Å². The molecule has 0 atom stereocenters. The van der Waals surface area contributed by atoms with E-state index in [1.165, 1.54) is 116 Å². The van der Waals surface area contributed by atoms with Crippen molar-refractivity contribution in [3.05, 3.63) is 12.2 Å². The van der Waals surface area contributed by atoms with E-state index in [9.17, 15) is 9.59 Å². The molecule has 2 aliphatic heterocycles. The van der Waals surface area contributed by atoms with E-state index in [1.807, 2.05) is 0 Å². The highest BCUT2D eigenvalue weighted by Crippen LogP contribution is 2.14. The lowest BCUT2D eigenvalue weighted by Crippen LogP contribution is -2.05. The maximum absolute atomic E-state index is 11.4. The molecule has 1 saturated heterocycles. The number of carbonyl (C=O) groups is 2. The van der Waals surface area contributed by atoms with Crippen molar-refractivity contribution in [2.75, 3.05) is 13.2 Å². The Labute approximate surface area is 210 Å². The summed E-state index contributed by atoms with van der Waals surface area (Å²) in [7, 11) is 0. The van der Waals surface area contributed by atoms with Gasteiger partial charge in [0.15, 0.2) is 0 Å². The van der Waals surface area contributed by atoms with Crippen LogP contribution in [0.2, 0.25) is 0 Å². The van der Waals surface area contributed by atoms with Crippen LogP contribution in [0.5, 0.6) is 0 Å². The van der Waals surface area contributed by atoms with Gasteiger partial charge in [-0.2, -0.15) is 0 Å². The summed E-state index contributed by atoms with van der Waals surface area (Å²) in [5.74, 6) is -0.0115. The van der Waals surface area contributed by atoms with Gasteiger partial charge in [-0.25, -0.2) is 0 Å². The zero-order valence-electron chi connectivity index (χ0n) is 22.2. The van der Waals surface area contributed by atoms with Crippen molar-refractivity contribution in [1.82, 2.24) is 0 Å². The summed E-state index contributed by atoms with van der Waals surface area (Å²) in [5.41, 5.74) is 0. The Morgan fingerprint density at radius 2 is 0.735 bits per heavy atom. The van der Waals surface area contributed by atoms with Crippen molar-refractivity contribution >= 4 is 11.9 Å². The minimum Gasteiger partial charge on any atom is -0.466 e. The molecule has 0 bridgehead atoms. The second-order valence-corrected chi connectivity index (χ2v) is 10.1. The van der Waals surface area contributed by atoms with Crippen LogP contribution in [0.1, 0.15) is 154 Å². The van der Waals surface area contributed by atoms with Crippen molar-refractivity contribution in [3.63, 3.8) is 0 Å². The average Bonchev–Trinajstić information content (AvgIpc) is 2.83. The van der Waals surface area contributed by atoms with E-state index in [-0.39, 0.29) is 11.9 Å². The lowest BCUT2D eigenvalue weighted by molar-refractivity contribution is -0.144. The van der Waals surface area contributed by atoms with Crippen LogP contribution in [0.25, 0.3) is 0 Å². The summed E-state index contributed by atoms with van der Waals surface area (Å²) in [6.07, 6.45) is 33.1. The number of hydrogen-bond donors (Lipinski definition) is 0. The number of rotatable bonds is 0. The molecule has 0 unspecified atom stereocenters. The predicted octanol–water partition coefficient (Wildman–Crippen LogP) is 9.01. The monoisotopic (exact) mass is 478 g/mol. The first kappa shape index (κ1) is 30.7. The minimum absolute atomic E-state index is 0.0112. The Morgan fingerprint density at radius 1 is 0.382 bits per heavy atom. The van der Waals surface area contributed by atoms with Gasteiger partial charge in [-0.05, 0) is 38.5 Å². The second-order valence-electron chi connectivity index (χ2n) is 10.1. The fraction of sp³-hybridized carbons (Fsp3) is 0.867. The van der Waals surface area contributed by atoms with E-state index in [0.717, 1.165) is 25.7 Å². The topological polar surface area (TPSA) is 52.6 Å². The van der Waals surface area contributed by atoms with Crippen molar-refractivity contribution in [2.24, 2.45) is 0 Å². The molecule has 0 aromatic carbocycles. The van der Waals surface area contributed by atoms with Crippen LogP contribution in [0.4, 0.5) is 0 Å². The molecule has 0 aliphatic carbocycles. The van der Waals surface area contributed by atoms with Gasteiger partial charge in [0.1, 0.15) is 0 Å². The van der Waals surface area contributed by atoms with Crippen LogP contribution in [0.15, 0.2) is 12.2 Å². The van der Waals surface area contributed by atoms with Crippen LogP contribution in [-0.2, 0) is 19.1 Å². The maximum atomic E-state index is 11.4. The quantitative estimate of drug-likeness (QED) is 0.257. The molecule has 2 aliphatic rings. The number of cyclic esters (lactones) is 2. The zero-order chi connectivity index (χ0) is 24.4. The molecule has 34 heavy (non-hydrogen) atoms. The molecule has 0 aromatic rings. The van der Waals surface area contributed by atoms with Gasteiger partial charge in [0.2, 0.25) is 0 Å². The Bertz CT molecular complexity index is 482. The molecule has 4 nitrogen and oxygen atoms in total. The summed E-state index contributed by atoms with van der Waals surface area (Å²) in [4.78, 5) is 22.7. The molecule has 0 saturated carbocycles. The third-order valence-electron chi connectivity index (χ3n) is 6.75. The van der Waals surface area contributed by atoms with Gasteiger partial charge in [-0.15, -0.1) is 0 Å². The second kappa shape index (κ2) is 24.8. The van der Waals surface area contributed by atoms with Gasteiger partial charge in [0.05, 0.1) is 13.2 Å². The van der Waals surface area contributed by atoms with Crippen molar-refractivity contribution < 1.29 is 19.1 Å². The fourth-order valence-corrected chi connectivity index (χ4v) is 4.54. The van der Waals surface area contributed by atoms with Crippen LogP contribution >= 0.6 is 0 Å². The van der Waals surface area contributed by atoms with E-state index in [1.54, 1.807) is 0 Å². The number of allylic oxidation sites excluding steroid dienone is 1. The van der Waals surface area contributed by atoms with Gasteiger partial charge < -0.3 is 9.47 Å². The Balaban J connectivity index is 0.000000340. The number of hydrogen-bond acceptors (Lipinski definition) is 4. The standard InChI is InChI=1S/C15H28O2.C15H26O2/c2*16-15-13-11-9-7-5-3-1-2-4-6-8-10-12-14-17-15/h1-14H2;8,10H,1-7,9,11-14H2. The molecule has 2 rings (SSSR count).